The van der Waals surface area contributed by atoms with Gasteiger partial charge in [-0.2, -0.15) is 0 Å². The minimum Gasteiger partial charge on any atom is -0.207 e. The van der Waals surface area contributed by atoms with Crippen molar-refractivity contribution in [3.63, 3.8) is 0 Å². The van der Waals surface area contributed by atoms with E-state index in [1.54, 1.807) is 12.1 Å². The summed E-state index contributed by atoms with van der Waals surface area (Å²) in [6.45, 7) is 0. The number of benzene rings is 1. The van der Waals surface area contributed by atoms with Gasteiger partial charge in [0.2, 0.25) is 0 Å². The first-order valence-corrected chi connectivity index (χ1v) is 4.41. The molecular weight excluding hydrogens is 203 g/mol. The van der Waals surface area contributed by atoms with Gasteiger partial charge in [-0.15, -0.1) is 0 Å². The second kappa shape index (κ2) is 4.04. The monoisotopic (exact) mass is 206 g/mol. The van der Waals surface area contributed by atoms with Gasteiger partial charge in [-0.3, -0.25) is 0 Å². The van der Waals surface area contributed by atoms with E-state index in [1.807, 2.05) is 0 Å². The van der Waals surface area contributed by atoms with Crippen LogP contribution < -0.4 is 0 Å². The Bertz CT molecular complexity index is 258. The second-order valence-corrected chi connectivity index (χ2v) is 4.37. The molecule has 0 aliphatic rings. The van der Waals surface area contributed by atoms with Gasteiger partial charge in [0, 0.05) is 4.90 Å². The summed E-state index contributed by atoms with van der Waals surface area (Å²) in [6.07, 6.45) is 0. The molecule has 0 saturated heterocycles. The number of thiocarbonyl (C=S) groups is 1. The Labute approximate surface area is 78.7 Å². The molecule has 0 bridgehead atoms. The van der Waals surface area contributed by atoms with Gasteiger partial charge in [0.1, 0.15) is 9.47 Å². The quantitative estimate of drug-likeness (QED) is 0.392. The number of hydrogen-bond acceptors (Lipinski definition) is 2. The van der Waals surface area contributed by atoms with Crippen molar-refractivity contribution in [1.82, 2.24) is 0 Å². The lowest BCUT2D eigenvalue weighted by Crippen LogP contribution is -1.76. The topological polar surface area (TPSA) is 0 Å². The molecule has 1 aromatic rings. The molecule has 0 heterocycles. The standard InChI is InChI=1S/C7H4ClFS2/c8-7(10)11-6-3-1-5(9)2-4-6/h1-4H. The lowest BCUT2D eigenvalue weighted by atomic mass is 10.4. The Morgan fingerprint density at radius 3 is 2.36 bits per heavy atom. The number of halogens is 2. The molecule has 58 valence electrons. The van der Waals surface area contributed by atoms with E-state index < -0.39 is 0 Å². The second-order valence-electron chi connectivity index (χ2n) is 1.79. The zero-order valence-corrected chi connectivity index (χ0v) is 7.77. The molecule has 0 nitrogen and oxygen atoms in total. The fourth-order valence-electron chi connectivity index (χ4n) is 0.595. The summed E-state index contributed by atoms with van der Waals surface area (Å²) in [7, 11) is 0. The van der Waals surface area contributed by atoms with Crippen molar-refractivity contribution in [2.24, 2.45) is 0 Å². The van der Waals surface area contributed by atoms with Crippen LogP contribution in [0.4, 0.5) is 4.39 Å². The third kappa shape index (κ3) is 3.18. The minimum absolute atomic E-state index is 0.255. The van der Waals surface area contributed by atoms with Gasteiger partial charge in [-0.05, 0) is 24.3 Å². The van der Waals surface area contributed by atoms with Crippen molar-refractivity contribution in [2.45, 2.75) is 4.90 Å². The Morgan fingerprint density at radius 2 is 1.91 bits per heavy atom. The van der Waals surface area contributed by atoms with Gasteiger partial charge in [0.05, 0.1) is 0 Å². The van der Waals surface area contributed by atoms with Gasteiger partial charge in [-0.25, -0.2) is 4.39 Å². The van der Waals surface area contributed by atoms with E-state index in [2.05, 4.69) is 12.2 Å². The molecule has 0 fully saturated rings. The molecule has 0 atom stereocenters. The molecule has 0 unspecified atom stereocenters. The van der Waals surface area contributed by atoms with Crippen LogP contribution in [0.3, 0.4) is 0 Å². The van der Waals surface area contributed by atoms with Crippen molar-refractivity contribution >= 4 is 39.2 Å². The normalized spacial score (nSPS) is 9.64. The maximum absolute atomic E-state index is 12.3. The van der Waals surface area contributed by atoms with Crippen molar-refractivity contribution in [3.8, 4) is 0 Å². The molecule has 0 amide bonds. The first-order valence-electron chi connectivity index (χ1n) is 2.81. The lowest BCUT2D eigenvalue weighted by Gasteiger charge is -1.95. The van der Waals surface area contributed by atoms with E-state index >= 15 is 0 Å². The van der Waals surface area contributed by atoms with E-state index in [4.69, 9.17) is 11.6 Å². The first kappa shape index (κ1) is 8.97. The predicted octanol–water partition coefficient (Wildman–Crippen LogP) is 3.44. The Hall–Kier alpha value is -0.120. The van der Waals surface area contributed by atoms with E-state index in [-0.39, 0.29) is 5.82 Å². The Morgan fingerprint density at radius 1 is 1.36 bits per heavy atom. The van der Waals surface area contributed by atoms with Gasteiger partial charge >= 0.3 is 0 Å². The van der Waals surface area contributed by atoms with E-state index in [9.17, 15) is 4.39 Å². The largest absolute Gasteiger partial charge is 0.207 e. The maximum atomic E-state index is 12.3. The van der Waals surface area contributed by atoms with Crippen LogP contribution >= 0.6 is 35.6 Å². The van der Waals surface area contributed by atoms with Crippen molar-refractivity contribution in [2.75, 3.05) is 0 Å². The molecule has 0 saturated carbocycles. The lowest BCUT2D eigenvalue weighted by molar-refractivity contribution is 0.626. The summed E-state index contributed by atoms with van der Waals surface area (Å²) in [5.74, 6) is -0.255. The molecule has 0 spiro atoms. The van der Waals surface area contributed by atoms with Crippen LogP contribution in [0.2, 0.25) is 0 Å². The molecule has 0 radical (unpaired) electrons. The Balaban J connectivity index is 2.74. The molecule has 0 aliphatic heterocycles. The van der Waals surface area contributed by atoms with Crippen LogP contribution in [-0.2, 0) is 0 Å². The van der Waals surface area contributed by atoms with Crippen LogP contribution in [0.25, 0.3) is 0 Å². The number of thioether (sulfide) groups is 1. The molecule has 0 aliphatic carbocycles. The van der Waals surface area contributed by atoms with Crippen LogP contribution in [0.1, 0.15) is 0 Å². The molecule has 0 N–H and O–H groups in total. The van der Waals surface area contributed by atoms with Crippen molar-refractivity contribution in [3.05, 3.63) is 30.1 Å². The summed E-state index contributed by atoms with van der Waals surface area (Å²) < 4.78 is 12.7. The maximum Gasteiger partial charge on any atom is 0.141 e. The highest BCUT2D eigenvalue weighted by molar-refractivity contribution is 8.26. The van der Waals surface area contributed by atoms with Gasteiger partial charge in [-0.1, -0.05) is 35.6 Å². The molecule has 1 rings (SSSR count). The summed E-state index contributed by atoms with van der Waals surface area (Å²) in [5, 5.41) is 0. The molecule has 0 aromatic heterocycles. The third-order valence-electron chi connectivity index (χ3n) is 1.01. The Kier molecular flexibility index (Phi) is 3.30. The smallest absolute Gasteiger partial charge is 0.141 e. The zero-order chi connectivity index (χ0) is 8.27. The molecular formula is C7H4ClFS2. The summed E-state index contributed by atoms with van der Waals surface area (Å²) in [4.78, 5) is 0.853. The minimum atomic E-state index is -0.255. The van der Waals surface area contributed by atoms with Crippen LogP contribution in [0.5, 0.6) is 0 Å². The van der Waals surface area contributed by atoms with Crippen molar-refractivity contribution < 1.29 is 4.39 Å². The fourth-order valence-corrected chi connectivity index (χ4v) is 1.61. The number of hydrogen-bond donors (Lipinski definition) is 0. The van der Waals surface area contributed by atoms with Gasteiger partial charge in [0.15, 0.2) is 0 Å². The average molecular weight is 207 g/mol. The van der Waals surface area contributed by atoms with E-state index in [0.29, 0.717) is 3.66 Å². The first-order chi connectivity index (χ1) is 5.18. The van der Waals surface area contributed by atoms with Crippen LogP contribution in [-0.4, -0.2) is 3.66 Å². The summed E-state index contributed by atoms with van der Waals surface area (Å²) >= 11 is 11.3. The summed E-state index contributed by atoms with van der Waals surface area (Å²) in [5.41, 5.74) is 0. The van der Waals surface area contributed by atoms with Gasteiger partial charge in [0.25, 0.3) is 0 Å². The zero-order valence-electron chi connectivity index (χ0n) is 5.38. The van der Waals surface area contributed by atoms with E-state index in [0.717, 1.165) is 4.90 Å². The number of rotatable bonds is 1. The summed E-state index contributed by atoms with van der Waals surface area (Å²) in [6, 6.07) is 6.01. The van der Waals surface area contributed by atoms with Crippen molar-refractivity contribution in [1.29, 1.82) is 0 Å². The van der Waals surface area contributed by atoms with Crippen LogP contribution in [0.15, 0.2) is 29.2 Å². The van der Waals surface area contributed by atoms with Gasteiger partial charge < -0.3 is 0 Å². The molecule has 11 heavy (non-hydrogen) atoms. The fraction of sp³-hybridized carbons (Fsp3) is 0. The van der Waals surface area contributed by atoms with Crippen LogP contribution in [0, 0.1) is 5.82 Å². The molecule has 1 aromatic carbocycles. The predicted molar refractivity (Wildman–Crippen MR) is 50.7 cm³/mol. The third-order valence-corrected chi connectivity index (χ3v) is 2.16. The highest BCUT2D eigenvalue weighted by atomic mass is 35.5. The molecule has 4 heteroatoms. The SMILES string of the molecule is Fc1ccc(SC(=S)Cl)cc1. The highest BCUT2D eigenvalue weighted by Gasteiger charge is 1.96. The van der Waals surface area contributed by atoms with E-state index in [1.165, 1.54) is 23.9 Å². The average Bonchev–Trinajstić information content (AvgIpc) is 1.93. The highest BCUT2D eigenvalue weighted by Crippen LogP contribution is 2.21.